The summed E-state index contributed by atoms with van der Waals surface area (Å²) >= 11 is 3.59. The molecular weight excluding hydrogens is 270 g/mol. The van der Waals surface area contributed by atoms with Gasteiger partial charge in [0, 0.05) is 16.5 Å². The molecule has 0 amide bonds. The zero-order valence-corrected chi connectivity index (χ0v) is 11.1. The molecule has 0 aromatic heterocycles. The molecule has 0 spiro atoms. The average molecular weight is 286 g/mol. The molecule has 1 aromatic carbocycles. The topological polar surface area (TPSA) is 43.1 Å². The minimum atomic E-state index is -0.308. The molecule has 0 aliphatic heterocycles. The van der Waals surface area contributed by atoms with Crippen LogP contribution in [-0.4, -0.2) is 9.75 Å². The van der Waals surface area contributed by atoms with Crippen molar-refractivity contribution in [1.82, 2.24) is 0 Å². The zero-order valence-electron chi connectivity index (χ0n) is 9.52. The second kappa shape index (κ2) is 5.99. The predicted octanol–water partition coefficient (Wildman–Crippen LogP) is 3.95. The van der Waals surface area contributed by atoms with Gasteiger partial charge >= 0.3 is 0 Å². The van der Waals surface area contributed by atoms with Crippen LogP contribution in [0.1, 0.15) is 25.8 Å². The van der Waals surface area contributed by atoms with Crippen LogP contribution in [0.2, 0.25) is 0 Å². The van der Waals surface area contributed by atoms with Gasteiger partial charge in [0.1, 0.15) is 0 Å². The molecule has 0 heterocycles. The summed E-state index contributed by atoms with van der Waals surface area (Å²) in [5.41, 5.74) is 1.04. The van der Waals surface area contributed by atoms with Gasteiger partial charge in [-0.3, -0.25) is 10.1 Å². The second-order valence-electron chi connectivity index (χ2n) is 3.99. The molecule has 0 bridgehead atoms. The third-order valence-corrected chi connectivity index (χ3v) is 4.29. The van der Waals surface area contributed by atoms with Crippen molar-refractivity contribution >= 4 is 21.6 Å². The summed E-state index contributed by atoms with van der Waals surface area (Å²) in [6, 6.07) is 6.96. The normalized spacial score (nSPS) is 14.4. The highest BCUT2D eigenvalue weighted by atomic mass is 79.9. The first-order valence-corrected chi connectivity index (χ1v) is 6.34. The maximum Gasteiger partial charge on any atom is 0.272 e. The number of nitro benzene ring substituents is 1. The highest BCUT2D eigenvalue weighted by molar-refractivity contribution is 9.09. The van der Waals surface area contributed by atoms with Crippen LogP contribution in [0.15, 0.2) is 24.3 Å². The minimum absolute atomic E-state index is 0.227. The van der Waals surface area contributed by atoms with Crippen molar-refractivity contribution in [1.29, 1.82) is 0 Å². The number of para-hydroxylation sites is 1. The minimum Gasteiger partial charge on any atom is -0.258 e. The Morgan fingerprint density at radius 3 is 2.62 bits per heavy atom. The molecule has 0 fully saturated rings. The lowest BCUT2D eigenvalue weighted by Gasteiger charge is -2.16. The van der Waals surface area contributed by atoms with Crippen LogP contribution in [0.5, 0.6) is 0 Å². The molecule has 0 saturated carbocycles. The summed E-state index contributed by atoms with van der Waals surface area (Å²) in [7, 11) is 0. The Morgan fingerprint density at radius 2 is 2.06 bits per heavy atom. The fourth-order valence-electron chi connectivity index (χ4n) is 1.74. The first kappa shape index (κ1) is 13.2. The fraction of sp³-hybridized carbons (Fsp3) is 0.500. The number of hydrogen-bond donors (Lipinski definition) is 0. The molecule has 1 rings (SSSR count). The quantitative estimate of drug-likeness (QED) is 0.467. The summed E-state index contributed by atoms with van der Waals surface area (Å²) < 4.78 is 0. The Kier molecular flexibility index (Phi) is 4.93. The zero-order chi connectivity index (χ0) is 12.1. The molecule has 0 radical (unpaired) electrons. The van der Waals surface area contributed by atoms with Crippen LogP contribution < -0.4 is 0 Å². The van der Waals surface area contributed by atoms with Crippen molar-refractivity contribution in [2.45, 2.75) is 31.5 Å². The maximum absolute atomic E-state index is 10.8. The SMILES string of the molecule is CCC(Br)C(C)Cc1ccccc1[N+](=O)[O-]. The number of rotatable bonds is 5. The Labute approximate surface area is 104 Å². The maximum atomic E-state index is 10.8. The molecule has 0 N–H and O–H groups in total. The number of nitrogens with zero attached hydrogens (tertiary/aromatic N) is 1. The molecule has 0 aliphatic carbocycles. The largest absolute Gasteiger partial charge is 0.272 e. The van der Waals surface area contributed by atoms with Crippen LogP contribution in [0, 0.1) is 16.0 Å². The van der Waals surface area contributed by atoms with Crippen LogP contribution in [0.3, 0.4) is 0 Å². The first-order chi connectivity index (χ1) is 7.56. The van der Waals surface area contributed by atoms with Crippen LogP contribution in [0.4, 0.5) is 5.69 Å². The highest BCUT2D eigenvalue weighted by Crippen LogP contribution is 2.25. The van der Waals surface area contributed by atoms with Gasteiger partial charge in [-0.1, -0.05) is 48.0 Å². The summed E-state index contributed by atoms with van der Waals surface area (Å²) in [5, 5.41) is 10.8. The third kappa shape index (κ3) is 3.30. The number of halogens is 1. The van der Waals surface area contributed by atoms with Crippen LogP contribution in [0.25, 0.3) is 0 Å². The van der Waals surface area contributed by atoms with E-state index in [1.807, 2.05) is 12.1 Å². The standard InChI is InChI=1S/C12H16BrNO2/c1-3-11(13)9(2)8-10-6-4-5-7-12(10)14(15)16/h4-7,9,11H,3,8H2,1-2H3. The molecular formula is C12H16BrNO2. The molecule has 88 valence electrons. The van der Waals surface area contributed by atoms with Crippen molar-refractivity contribution in [3.05, 3.63) is 39.9 Å². The van der Waals surface area contributed by atoms with E-state index in [1.165, 1.54) is 0 Å². The van der Waals surface area contributed by atoms with E-state index in [0.29, 0.717) is 10.7 Å². The lowest BCUT2D eigenvalue weighted by molar-refractivity contribution is -0.385. The van der Waals surface area contributed by atoms with Crippen molar-refractivity contribution < 1.29 is 4.92 Å². The van der Waals surface area contributed by atoms with Gasteiger partial charge in [-0.25, -0.2) is 0 Å². The van der Waals surface area contributed by atoms with Crippen LogP contribution in [-0.2, 0) is 6.42 Å². The van der Waals surface area contributed by atoms with Gasteiger partial charge in [0.15, 0.2) is 0 Å². The van der Waals surface area contributed by atoms with Crippen molar-refractivity contribution in [3.8, 4) is 0 Å². The molecule has 16 heavy (non-hydrogen) atoms. The van der Waals surface area contributed by atoms with Crippen molar-refractivity contribution in [3.63, 3.8) is 0 Å². The fourth-order valence-corrected chi connectivity index (χ4v) is 1.93. The van der Waals surface area contributed by atoms with E-state index in [-0.39, 0.29) is 10.6 Å². The molecule has 0 aliphatic rings. The second-order valence-corrected chi connectivity index (χ2v) is 5.17. The van der Waals surface area contributed by atoms with E-state index in [0.717, 1.165) is 18.4 Å². The van der Waals surface area contributed by atoms with E-state index in [9.17, 15) is 10.1 Å². The molecule has 2 unspecified atom stereocenters. The van der Waals surface area contributed by atoms with E-state index < -0.39 is 0 Å². The Morgan fingerprint density at radius 1 is 1.44 bits per heavy atom. The smallest absolute Gasteiger partial charge is 0.258 e. The summed E-state index contributed by atoms with van der Waals surface area (Å²) in [4.78, 5) is 10.9. The first-order valence-electron chi connectivity index (χ1n) is 5.42. The van der Waals surface area contributed by atoms with Gasteiger partial charge in [-0.2, -0.15) is 0 Å². The molecule has 3 nitrogen and oxygen atoms in total. The lowest BCUT2D eigenvalue weighted by atomic mass is 9.96. The van der Waals surface area contributed by atoms with E-state index in [2.05, 4.69) is 29.8 Å². The lowest BCUT2D eigenvalue weighted by Crippen LogP contribution is -2.13. The van der Waals surface area contributed by atoms with Gasteiger partial charge in [0.05, 0.1) is 4.92 Å². The molecule has 0 saturated heterocycles. The predicted molar refractivity (Wildman–Crippen MR) is 69.0 cm³/mol. The number of alkyl halides is 1. The monoisotopic (exact) mass is 285 g/mol. The number of benzene rings is 1. The Hall–Kier alpha value is -0.900. The Balaban J connectivity index is 2.84. The average Bonchev–Trinajstić information content (AvgIpc) is 2.28. The van der Waals surface area contributed by atoms with E-state index in [1.54, 1.807) is 12.1 Å². The molecule has 1 aromatic rings. The summed E-state index contributed by atoms with van der Waals surface area (Å²) in [5.74, 6) is 0.395. The van der Waals surface area contributed by atoms with E-state index >= 15 is 0 Å². The third-order valence-electron chi connectivity index (χ3n) is 2.74. The van der Waals surface area contributed by atoms with Gasteiger partial charge in [-0.15, -0.1) is 0 Å². The van der Waals surface area contributed by atoms with Gasteiger partial charge in [-0.05, 0) is 18.8 Å². The van der Waals surface area contributed by atoms with Gasteiger partial charge in [0.25, 0.3) is 5.69 Å². The van der Waals surface area contributed by atoms with Crippen molar-refractivity contribution in [2.24, 2.45) is 5.92 Å². The summed E-state index contributed by atoms with van der Waals surface area (Å²) in [6.07, 6.45) is 1.77. The molecule has 2 atom stereocenters. The van der Waals surface area contributed by atoms with E-state index in [4.69, 9.17) is 0 Å². The summed E-state index contributed by atoms with van der Waals surface area (Å²) in [6.45, 7) is 4.22. The van der Waals surface area contributed by atoms with Gasteiger partial charge < -0.3 is 0 Å². The molecule has 4 heteroatoms. The van der Waals surface area contributed by atoms with Crippen molar-refractivity contribution in [2.75, 3.05) is 0 Å². The number of hydrogen-bond acceptors (Lipinski definition) is 2. The number of nitro groups is 1. The van der Waals surface area contributed by atoms with Gasteiger partial charge in [0.2, 0.25) is 0 Å². The van der Waals surface area contributed by atoms with Crippen LogP contribution >= 0.6 is 15.9 Å². The Bertz CT molecular complexity index is 368. The highest BCUT2D eigenvalue weighted by Gasteiger charge is 2.18.